The Morgan fingerprint density at radius 3 is 2.79 bits per heavy atom. The van der Waals surface area contributed by atoms with Crippen molar-refractivity contribution >= 4 is 5.69 Å². The van der Waals surface area contributed by atoms with E-state index in [-0.39, 0.29) is 5.69 Å². The zero-order chi connectivity index (χ0) is 16.9. The molecule has 7 heteroatoms. The number of nitro groups is 1. The van der Waals surface area contributed by atoms with Gasteiger partial charge >= 0.3 is 5.69 Å². The molecule has 2 aliphatic heterocycles. The molecule has 0 aromatic heterocycles. The molecule has 1 atom stereocenters. The smallest absolute Gasteiger partial charge is 0.314 e. The maximum absolute atomic E-state index is 11.2. The van der Waals surface area contributed by atoms with E-state index in [1.807, 2.05) is 0 Å². The molecule has 0 aliphatic carbocycles. The van der Waals surface area contributed by atoms with Crippen LogP contribution in [0.2, 0.25) is 0 Å². The lowest BCUT2D eigenvalue weighted by Gasteiger charge is -2.23. The summed E-state index contributed by atoms with van der Waals surface area (Å²) < 4.78 is 10.7. The molecule has 24 heavy (non-hydrogen) atoms. The van der Waals surface area contributed by atoms with Crippen molar-refractivity contribution in [2.45, 2.75) is 25.3 Å². The zero-order valence-corrected chi connectivity index (χ0v) is 14.1. The van der Waals surface area contributed by atoms with Crippen LogP contribution in [-0.2, 0) is 0 Å². The highest BCUT2D eigenvalue weighted by Gasteiger charge is 2.29. The largest absolute Gasteiger partial charge is 0.496 e. The molecule has 2 heterocycles. The molecule has 2 aliphatic rings. The van der Waals surface area contributed by atoms with Crippen molar-refractivity contribution in [1.82, 2.24) is 9.80 Å². The van der Waals surface area contributed by atoms with Crippen molar-refractivity contribution in [3.63, 3.8) is 0 Å². The molecular formula is C17H25N3O4. The van der Waals surface area contributed by atoms with Gasteiger partial charge in [0.1, 0.15) is 12.4 Å². The van der Waals surface area contributed by atoms with Crippen LogP contribution < -0.4 is 9.47 Å². The molecule has 0 spiro atoms. The Labute approximate surface area is 142 Å². The fourth-order valence-corrected chi connectivity index (χ4v) is 3.59. The van der Waals surface area contributed by atoms with Crippen LogP contribution in [0.15, 0.2) is 18.2 Å². The number of ether oxygens (including phenoxy) is 2. The van der Waals surface area contributed by atoms with Gasteiger partial charge in [-0.05, 0) is 51.0 Å². The van der Waals surface area contributed by atoms with Gasteiger partial charge in [0.25, 0.3) is 0 Å². The van der Waals surface area contributed by atoms with E-state index >= 15 is 0 Å². The number of likely N-dealkylation sites (tertiary alicyclic amines) is 2. The summed E-state index contributed by atoms with van der Waals surface area (Å²) in [5.41, 5.74) is -0.0503. The predicted octanol–water partition coefficient (Wildman–Crippen LogP) is 2.15. The van der Waals surface area contributed by atoms with Gasteiger partial charge in [-0.2, -0.15) is 0 Å². The first kappa shape index (κ1) is 17.0. The van der Waals surface area contributed by atoms with Gasteiger partial charge in [-0.15, -0.1) is 0 Å². The molecule has 2 saturated heterocycles. The molecule has 3 rings (SSSR count). The van der Waals surface area contributed by atoms with Crippen molar-refractivity contribution in [3.05, 3.63) is 28.3 Å². The van der Waals surface area contributed by atoms with E-state index in [1.54, 1.807) is 12.1 Å². The summed E-state index contributed by atoms with van der Waals surface area (Å²) in [5, 5.41) is 11.2. The van der Waals surface area contributed by atoms with E-state index in [0.29, 0.717) is 24.1 Å². The van der Waals surface area contributed by atoms with Crippen molar-refractivity contribution in [1.29, 1.82) is 0 Å². The number of rotatable bonds is 7. The Morgan fingerprint density at radius 1 is 1.29 bits per heavy atom. The van der Waals surface area contributed by atoms with Gasteiger partial charge < -0.3 is 9.47 Å². The summed E-state index contributed by atoms with van der Waals surface area (Å²) in [6.07, 6.45) is 3.85. The Hall–Kier alpha value is -1.86. The summed E-state index contributed by atoms with van der Waals surface area (Å²) in [4.78, 5) is 15.7. The summed E-state index contributed by atoms with van der Waals surface area (Å²) in [6.45, 7) is 5.87. The monoisotopic (exact) mass is 335 g/mol. The normalized spacial score (nSPS) is 22.0. The minimum Gasteiger partial charge on any atom is -0.496 e. The van der Waals surface area contributed by atoms with Crippen LogP contribution in [0.5, 0.6) is 11.5 Å². The van der Waals surface area contributed by atoms with Gasteiger partial charge in [0.05, 0.1) is 18.1 Å². The Balaban J connectivity index is 1.49. The van der Waals surface area contributed by atoms with Crippen LogP contribution in [0.1, 0.15) is 19.3 Å². The quantitative estimate of drug-likeness (QED) is 0.562. The fraction of sp³-hybridized carbons (Fsp3) is 0.647. The number of methoxy groups -OCH3 is 1. The maximum atomic E-state index is 11.2. The van der Waals surface area contributed by atoms with E-state index in [0.717, 1.165) is 19.6 Å². The third-order valence-electron chi connectivity index (χ3n) is 4.93. The highest BCUT2D eigenvalue weighted by Crippen LogP contribution is 2.31. The zero-order valence-electron chi connectivity index (χ0n) is 14.1. The SMILES string of the molecule is COc1ccc(OCCN2CC[C@H](N3CCCC3)C2)c([N+](=O)[O-])c1. The lowest BCUT2D eigenvalue weighted by atomic mass is 10.2. The lowest BCUT2D eigenvalue weighted by molar-refractivity contribution is -0.385. The van der Waals surface area contributed by atoms with Gasteiger partial charge in [-0.25, -0.2) is 0 Å². The molecule has 132 valence electrons. The van der Waals surface area contributed by atoms with Crippen LogP contribution >= 0.6 is 0 Å². The first-order chi connectivity index (χ1) is 11.7. The van der Waals surface area contributed by atoms with Crippen molar-refractivity contribution in [3.8, 4) is 11.5 Å². The van der Waals surface area contributed by atoms with Crippen LogP contribution in [0.25, 0.3) is 0 Å². The fourth-order valence-electron chi connectivity index (χ4n) is 3.59. The highest BCUT2D eigenvalue weighted by molar-refractivity contribution is 5.50. The number of benzene rings is 1. The maximum Gasteiger partial charge on any atom is 0.314 e. The minimum absolute atomic E-state index is 0.0503. The predicted molar refractivity (Wildman–Crippen MR) is 90.8 cm³/mol. The molecule has 1 aromatic rings. The summed E-state index contributed by atoms with van der Waals surface area (Å²) in [7, 11) is 1.49. The van der Waals surface area contributed by atoms with Crippen LogP contribution in [0.3, 0.4) is 0 Å². The lowest BCUT2D eigenvalue weighted by Crippen LogP contribution is -2.36. The molecule has 1 aromatic carbocycles. The van der Waals surface area contributed by atoms with Gasteiger partial charge in [0.2, 0.25) is 0 Å². The minimum atomic E-state index is -0.433. The van der Waals surface area contributed by atoms with Gasteiger partial charge in [-0.1, -0.05) is 0 Å². The molecule has 0 amide bonds. The summed E-state index contributed by atoms with van der Waals surface area (Å²) >= 11 is 0. The summed E-state index contributed by atoms with van der Waals surface area (Å²) in [5.74, 6) is 0.762. The van der Waals surface area contributed by atoms with Gasteiger partial charge in [0, 0.05) is 19.1 Å². The molecule has 7 nitrogen and oxygen atoms in total. The van der Waals surface area contributed by atoms with Crippen molar-refractivity contribution in [2.24, 2.45) is 0 Å². The molecule has 2 fully saturated rings. The first-order valence-corrected chi connectivity index (χ1v) is 8.59. The molecule has 0 bridgehead atoms. The number of nitrogens with zero attached hydrogens (tertiary/aromatic N) is 3. The standard InChI is InChI=1S/C17H25N3O4/c1-23-15-4-5-17(16(12-15)20(21)22)24-11-10-18-9-6-14(13-18)19-7-2-3-8-19/h4-5,12,14H,2-3,6-11,13H2,1H3/t14-/m0/s1. The second-order valence-electron chi connectivity index (χ2n) is 6.43. The van der Waals surface area contributed by atoms with Crippen LogP contribution in [0.4, 0.5) is 5.69 Å². The van der Waals surface area contributed by atoms with Crippen molar-refractivity contribution < 1.29 is 14.4 Å². The van der Waals surface area contributed by atoms with Crippen LogP contribution in [0, 0.1) is 10.1 Å². The van der Waals surface area contributed by atoms with E-state index in [2.05, 4.69) is 9.80 Å². The van der Waals surface area contributed by atoms with E-state index in [4.69, 9.17) is 9.47 Å². The molecule has 0 saturated carbocycles. The van der Waals surface area contributed by atoms with Gasteiger partial charge in [0.15, 0.2) is 5.75 Å². The van der Waals surface area contributed by atoms with Crippen molar-refractivity contribution in [2.75, 3.05) is 46.4 Å². The Kier molecular flexibility index (Phi) is 5.52. The molecule has 0 N–H and O–H groups in total. The molecule has 0 unspecified atom stereocenters. The highest BCUT2D eigenvalue weighted by atomic mass is 16.6. The second-order valence-corrected chi connectivity index (χ2v) is 6.43. The molecule has 0 radical (unpaired) electrons. The molecular weight excluding hydrogens is 310 g/mol. The van der Waals surface area contributed by atoms with E-state index < -0.39 is 4.92 Å². The number of nitro benzene ring substituents is 1. The van der Waals surface area contributed by atoms with E-state index in [1.165, 1.54) is 45.5 Å². The Bertz CT molecular complexity index is 575. The Morgan fingerprint density at radius 2 is 2.08 bits per heavy atom. The van der Waals surface area contributed by atoms with Gasteiger partial charge in [-0.3, -0.25) is 19.9 Å². The summed E-state index contributed by atoms with van der Waals surface area (Å²) in [6, 6.07) is 5.35. The van der Waals surface area contributed by atoms with E-state index in [9.17, 15) is 10.1 Å². The topological polar surface area (TPSA) is 68.1 Å². The average Bonchev–Trinajstić information content (AvgIpc) is 3.26. The first-order valence-electron chi connectivity index (χ1n) is 8.59. The average molecular weight is 335 g/mol. The number of hydrogen-bond donors (Lipinski definition) is 0. The van der Waals surface area contributed by atoms with Crippen LogP contribution in [-0.4, -0.2) is 67.2 Å². The second kappa shape index (κ2) is 7.81. The number of hydrogen-bond acceptors (Lipinski definition) is 6. The third kappa shape index (κ3) is 3.96. The third-order valence-corrected chi connectivity index (χ3v) is 4.93.